The molecular formula is C12H22N2O3S. The highest BCUT2D eigenvalue weighted by molar-refractivity contribution is 7.85. The monoisotopic (exact) mass is 274 g/mol. The highest BCUT2D eigenvalue weighted by Crippen LogP contribution is 2.08. The summed E-state index contributed by atoms with van der Waals surface area (Å²) in [6, 6.07) is 0. The number of nitrogens with one attached hydrogen (secondary N) is 1. The van der Waals surface area contributed by atoms with Crippen LogP contribution in [0.25, 0.3) is 0 Å². The topological polar surface area (TPSA) is 58.6 Å². The molecule has 0 aliphatic carbocycles. The second-order valence-electron chi connectivity index (χ2n) is 4.80. The van der Waals surface area contributed by atoms with Gasteiger partial charge in [0, 0.05) is 35.4 Å². The Morgan fingerprint density at radius 1 is 1.28 bits per heavy atom. The van der Waals surface area contributed by atoms with Gasteiger partial charge in [-0.1, -0.05) is 0 Å². The van der Waals surface area contributed by atoms with E-state index in [-0.39, 0.29) is 5.91 Å². The first kappa shape index (κ1) is 14.0. The zero-order valence-corrected chi connectivity index (χ0v) is 11.5. The second kappa shape index (κ2) is 7.21. The van der Waals surface area contributed by atoms with Crippen molar-refractivity contribution in [2.45, 2.75) is 25.4 Å². The molecule has 0 aromatic carbocycles. The molecule has 2 heterocycles. The van der Waals surface area contributed by atoms with Gasteiger partial charge in [0.1, 0.15) is 0 Å². The summed E-state index contributed by atoms with van der Waals surface area (Å²) in [5, 5.41) is 3.29. The van der Waals surface area contributed by atoms with Crippen LogP contribution in [0.15, 0.2) is 0 Å². The van der Waals surface area contributed by atoms with Gasteiger partial charge in [0.05, 0.1) is 19.1 Å². The number of piperidine rings is 1. The lowest BCUT2D eigenvalue weighted by molar-refractivity contribution is -0.132. The quantitative estimate of drug-likeness (QED) is 0.767. The molecule has 18 heavy (non-hydrogen) atoms. The molecule has 0 spiro atoms. The first-order valence-electron chi connectivity index (χ1n) is 6.71. The summed E-state index contributed by atoms with van der Waals surface area (Å²) in [4.78, 5) is 13.7. The number of amides is 1. The van der Waals surface area contributed by atoms with Crippen LogP contribution in [-0.4, -0.2) is 65.4 Å². The Hall–Kier alpha value is -0.460. The molecule has 6 heteroatoms. The number of rotatable bonds is 4. The van der Waals surface area contributed by atoms with Crippen LogP contribution < -0.4 is 5.32 Å². The van der Waals surface area contributed by atoms with E-state index in [1.54, 1.807) is 0 Å². The average molecular weight is 274 g/mol. The van der Waals surface area contributed by atoms with E-state index in [9.17, 15) is 9.00 Å². The molecule has 2 saturated heterocycles. The third kappa shape index (κ3) is 4.33. The molecule has 104 valence electrons. The second-order valence-corrected chi connectivity index (χ2v) is 6.50. The fourth-order valence-corrected chi connectivity index (χ4v) is 3.37. The van der Waals surface area contributed by atoms with Crippen LogP contribution >= 0.6 is 0 Å². The Bertz CT molecular complexity index is 296. The molecular weight excluding hydrogens is 252 g/mol. The summed E-state index contributed by atoms with van der Waals surface area (Å²) in [5.74, 6) is 1.39. The van der Waals surface area contributed by atoms with Crippen LogP contribution in [-0.2, 0) is 20.3 Å². The Labute approximate surface area is 111 Å². The zero-order chi connectivity index (χ0) is 12.8. The third-order valence-electron chi connectivity index (χ3n) is 3.49. The highest BCUT2D eigenvalue weighted by atomic mass is 32.2. The van der Waals surface area contributed by atoms with E-state index in [4.69, 9.17) is 4.74 Å². The lowest BCUT2D eigenvalue weighted by Crippen LogP contribution is -2.42. The Kier molecular flexibility index (Phi) is 5.59. The minimum Gasteiger partial charge on any atom is -0.378 e. The predicted molar refractivity (Wildman–Crippen MR) is 70.9 cm³/mol. The maximum absolute atomic E-state index is 11.9. The van der Waals surface area contributed by atoms with Gasteiger partial charge in [0.2, 0.25) is 5.91 Å². The predicted octanol–water partition coefficient (Wildman–Crippen LogP) is -0.264. The fraction of sp³-hybridized carbons (Fsp3) is 0.917. The minimum atomic E-state index is -0.719. The number of nitrogens with zero attached hydrogens (tertiary/aromatic N) is 1. The van der Waals surface area contributed by atoms with Crippen LogP contribution in [0.3, 0.4) is 0 Å². The number of hydrogen-bond acceptors (Lipinski definition) is 4. The van der Waals surface area contributed by atoms with Crippen LogP contribution in [0.1, 0.15) is 19.3 Å². The molecule has 0 aromatic rings. The summed E-state index contributed by atoms with van der Waals surface area (Å²) in [7, 11) is -0.719. The number of carbonyl (C=O) groups excluding carboxylic acids is 1. The van der Waals surface area contributed by atoms with Crippen molar-refractivity contribution in [1.29, 1.82) is 0 Å². The van der Waals surface area contributed by atoms with E-state index >= 15 is 0 Å². The van der Waals surface area contributed by atoms with E-state index in [2.05, 4.69) is 5.32 Å². The van der Waals surface area contributed by atoms with Gasteiger partial charge < -0.3 is 15.0 Å². The van der Waals surface area contributed by atoms with Gasteiger partial charge in [-0.25, -0.2) is 0 Å². The summed E-state index contributed by atoms with van der Waals surface area (Å²) in [6.07, 6.45) is 2.84. The maximum Gasteiger partial charge on any atom is 0.224 e. The van der Waals surface area contributed by atoms with Gasteiger partial charge in [-0.2, -0.15) is 0 Å². The highest BCUT2D eigenvalue weighted by Gasteiger charge is 2.20. The van der Waals surface area contributed by atoms with Crippen molar-refractivity contribution in [2.75, 3.05) is 44.3 Å². The number of carbonyl (C=O) groups is 1. The molecule has 0 atom stereocenters. The molecule has 0 aromatic heterocycles. The summed E-state index contributed by atoms with van der Waals surface area (Å²) < 4.78 is 16.9. The Morgan fingerprint density at radius 3 is 2.61 bits per heavy atom. The van der Waals surface area contributed by atoms with Gasteiger partial charge in [-0.3, -0.25) is 9.00 Å². The summed E-state index contributed by atoms with van der Waals surface area (Å²) in [5.41, 5.74) is 0. The fourth-order valence-electron chi connectivity index (χ4n) is 2.32. The van der Waals surface area contributed by atoms with Gasteiger partial charge in [0.25, 0.3) is 0 Å². The van der Waals surface area contributed by atoms with Crippen molar-refractivity contribution in [1.82, 2.24) is 10.2 Å². The first-order valence-corrected chi connectivity index (χ1v) is 8.19. The van der Waals surface area contributed by atoms with E-state index in [1.807, 2.05) is 4.90 Å². The van der Waals surface area contributed by atoms with Gasteiger partial charge in [-0.05, 0) is 25.9 Å². The van der Waals surface area contributed by atoms with Crippen molar-refractivity contribution in [3.8, 4) is 0 Å². The van der Waals surface area contributed by atoms with Gasteiger partial charge in [-0.15, -0.1) is 0 Å². The number of hydrogen-bond donors (Lipinski definition) is 1. The lowest BCUT2D eigenvalue weighted by atomic mass is 10.1. The van der Waals surface area contributed by atoms with Crippen molar-refractivity contribution >= 4 is 16.7 Å². The average Bonchev–Trinajstić information content (AvgIpc) is 2.40. The lowest BCUT2D eigenvalue weighted by Gasteiger charge is -2.27. The summed E-state index contributed by atoms with van der Waals surface area (Å²) >= 11 is 0. The molecule has 2 fully saturated rings. The number of ether oxygens (including phenoxy) is 1. The Morgan fingerprint density at radius 2 is 1.94 bits per heavy atom. The molecule has 2 aliphatic rings. The van der Waals surface area contributed by atoms with E-state index < -0.39 is 10.8 Å². The molecule has 0 unspecified atom stereocenters. The molecule has 1 amide bonds. The molecule has 0 bridgehead atoms. The normalized spacial score (nSPS) is 23.2. The smallest absolute Gasteiger partial charge is 0.224 e. The summed E-state index contributed by atoms with van der Waals surface area (Å²) in [6.45, 7) is 3.81. The molecule has 2 rings (SSSR count). The molecule has 2 aliphatic heterocycles. The first-order chi connectivity index (χ1) is 8.75. The maximum atomic E-state index is 11.9. The SMILES string of the molecule is O=C(CCOC1CCNCC1)N1CCS(=O)CC1. The largest absolute Gasteiger partial charge is 0.378 e. The van der Waals surface area contributed by atoms with Crippen LogP contribution in [0.5, 0.6) is 0 Å². The van der Waals surface area contributed by atoms with Crippen LogP contribution in [0.4, 0.5) is 0 Å². The minimum absolute atomic E-state index is 0.139. The van der Waals surface area contributed by atoms with Gasteiger partial charge >= 0.3 is 0 Å². The van der Waals surface area contributed by atoms with E-state index in [1.165, 1.54) is 0 Å². The van der Waals surface area contributed by atoms with E-state index in [0.29, 0.717) is 43.7 Å². The van der Waals surface area contributed by atoms with Crippen molar-refractivity contribution in [3.05, 3.63) is 0 Å². The molecule has 5 nitrogen and oxygen atoms in total. The van der Waals surface area contributed by atoms with E-state index in [0.717, 1.165) is 25.9 Å². The van der Waals surface area contributed by atoms with Crippen LogP contribution in [0, 0.1) is 0 Å². The molecule has 0 saturated carbocycles. The Balaban J connectivity index is 1.60. The molecule has 1 N–H and O–H groups in total. The zero-order valence-electron chi connectivity index (χ0n) is 10.7. The molecule has 0 radical (unpaired) electrons. The standard InChI is InChI=1S/C12H22N2O3S/c15-12(14-6-9-18(16)10-7-14)3-8-17-11-1-4-13-5-2-11/h11,13H,1-10H2. The third-order valence-corrected chi connectivity index (χ3v) is 4.76. The van der Waals surface area contributed by atoms with Crippen molar-refractivity contribution in [3.63, 3.8) is 0 Å². The van der Waals surface area contributed by atoms with Crippen LogP contribution in [0.2, 0.25) is 0 Å². The van der Waals surface area contributed by atoms with Gasteiger partial charge in [0.15, 0.2) is 0 Å². The van der Waals surface area contributed by atoms with Crippen molar-refractivity contribution < 1.29 is 13.7 Å². The van der Waals surface area contributed by atoms with Crippen molar-refractivity contribution in [2.24, 2.45) is 0 Å².